The lowest BCUT2D eigenvalue weighted by Gasteiger charge is -2.02. The Morgan fingerprint density at radius 1 is 1.50 bits per heavy atom. The van der Waals surface area contributed by atoms with Gasteiger partial charge in [0.05, 0.1) is 21.6 Å². The predicted octanol–water partition coefficient (Wildman–Crippen LogP) is 3.39. The van der Waals surface area contributed by atoms with Crippen molar-refractivity contribution < 1.29 is 4.92 Å². The van der Waals surface area contributed by atoms with E-state index in [4.69, 9.17) is 0 Å². The Morgan fingerprint density at radius 3 is 2.78 bits per heavy atom. The summed E-state index contributed by atoms with van der Waals surface area (Å²) < 4.78 is 2.05. The fourth-order valence-electron chi connectivity index (χ4n) is 1.41. The van der Waals surface area contributed by atoms with Gasteiger partial charge in [0.2, 0.25) is 0 Å². The second-order valence-electron chi connectivity index (χ2n) is 3.59. The van der Waals surface area contributed by atoms with Crippen molar-refractivity contribution in [2.75, 3.05) is 0 Å². The maximum absolute atomic E-state index is 11.0. The van der Waals surface area contributed by atoms with Crippen molar-refractivity contribution in [1.82, 2.24) is 15.0 Å². The summed E-state index contributed by atoms with van der Waals surface area (Å²) in [6.07, 6.45) is 1.66. The Hall–Kier alpha value is -1.28. The van der Waals surface area contributed by atoms with Gasteiger partial charge in [0.25, 0.3) is 5.69 Å². The molecule has 1 aromatic heterocycles. The van der Waals surface area contributed by atoms with Crippen molar-refractivity contribution in [1.29, 1.82) is 0 Å². The number of aromatic nitrogens is 3. The molecule has 94 valence electrons. The van der Waals surface area contributed by atoms with Gasteiger partial charge in [0, 0.05) is 10.5 Å². The highest BCUT2D eigenvalue weighted by Crippen LogP contribution is 2.27. The zero-order valence-electron chi connectivity index (χ0n) is 9.25. The molecular weight excluding hydrogens is 368 g/mol. The second kappa shape index (κ2) is 5.15. The summed E-state index contributed by atoms with van der Waals surface area (Å²) >= 11 is 6.58. The first-order chi connectivity index (χ1) is 8.49. The number of nitro groups is 1. The van der Waals surface area contributed by atoms with Gasteiger partial charge < -0.3 is 0 Å². The van der Waals surface area contributed by atoms with Crippen molar-refractivity contribution in [2.45, 2.75) is 11.8 Å². The SMILES string of the molecule is CC(Br)c1cn(-c2ccc(Br)cc2[N+](=O)[O-])nn1. The molecule has 0 N–H and O–H groups in total. The maximum Gasteiger partial charge on any atom is 0.296 e. The average molecular weight is 376 g/mol. The number of hydrogen-bond acceptors (Lipinski definition) is 4. The molecular formula is C10H8Br2N4O2. The molecule has 0 fully saturated rings. The van der Waals surface area contributed by atoms with Gasteiger partial charge in [0.1, 0.15) is 5.69 Å². The van der Waals surface area contributed by atoms with Gasteiger partial charge >= 0.3 is 0 Å². The second-order valence-corrected chi connectivity index (χ2v) is 5.88. The molecule has 18 heavy (non-hydrogen) atoms. The van der Waals surface area contributed by atoms with E-state index in [-0.39, 0.29) is 10.5 Å². The topological polar surface area (TPSA) is 73.8 Å². The van der Waals surface area contributed by atoms with Crippen LogP contribution in [0, 0.1) is 10.1 Å². The smallest absolute Gasteiger partial charge is 0.258 e. The molecule has 0 aliphatic heterocycles. The number of hydrogen-bond donors (Lipinski definition) is 0. The van der Waals surface area contributed by atoms with Gasteiger partial charge in [-0.1, -0.05) is 37.1 Å². The third-order valence-corrected chi connectivity index (χ3v) is 3.26. The molecule has 1 heterocycles. The van der Waals surface area contributed by atoms with Gasteiger partial charge in [-0.3, -0.25) is 10.1 Å². The van der Waals surface area contributed by atoms with Crippen molar-refractivity contribution in [3.63, 3.8) is 0 Å². The zero-order chi connectivity index (χ0) is 13.3. The summed E-state index contributed by atoms with van der Waals surface area (Å²) in [6.45, 7) is 1.91. The summed E-state index contributed by atoms with van der Waals surface area (Å²) in [7, 11) is 0. The molecule has 8 heteroatoms. The third kappa shape index (κ3) is 2.59. The Morgan fingerprint density at radius 2 is 2.22 bits per heavy atom. The third-order valence-electron chi connectivity index (χ3n) is 2.30. The first kappa shape index (κ1) is 13.2. The highest BCUT2D eigenvalue weighted by Gasteiger charge is 2.18. The van der Waals surface area contributed by atoms with Gasteiger partial charge in [-0.2, -0.15) is 0 Å². The molecule has 2 rings (SSSR count). The van der Waals surface area contributed by atoms with Crippen LogP contribution in [0.15, 0.2) is 28.9 Å². The van der Waals surface area contributed by atoms with E-state index in [0.29, 0.717) is 15.9 Å². The molecule has 1 aromatic carbocycles. The van der Waals surface area contributed by atoms with E-state index in [0.717, 1.165) is 0 Å². The first-order valence-electron chi connectivity index (χ1n) is 4.99. The summed E-state index contributed by atoms with van der Waals surface area (Å²) in [5.41, 5.74) is 1.07. The Kier molecular flexibility index (Phi) is 3.76. The van der Waals surface area contributed by atoms with Gasteiger partial charge in [0.15, 0.2) is 0 Å². The van der Waals surface area contributed by atoms with Crippen LogP contribution in [0.4, 0.5) is 5.69 Å². The summed E-state index contributed by atoms with van der Waals surface area (Å²) in [5, 5.41) is 18.8. The number of alkyl halides is 1. The van der Waals surface area contributed by atoms with Crippen molar-refractivity contribution in [3.05, 3.63) is 44.7 Å². The lowest BCUT2D eigenvalue weighted by Crippen LogP contribution is -2.00. The number of benzene rings is 1. The first-order valence-corrected chi connectivity index (χ1v) is 6.70. The minimum absolute atomic E-state index is 0.0250. The van der Waals surface area contributed by atoms with E-state index in [1.165, 1.54) is 10.7 Å². The number of halogens is 2. The molecule has 0 radical (unpaired) electrons. The largest absolute Gasteiger partial charge is 0.296 e. The van der Waals surface area contributed by atoms with Crippen LogP contribution in [0.1, 0.15) is 17.4 Å². The number of rotatable bonds is 3. The lowest BCUT2D eigenvalue weighted by molar-refractivity contribution is -0.384. The van der Waals surface area contributed by atoms with Gasteiger partial charge in [-0.05, 0) is 19.1 Å². The lowest BCUT2D eigenvalue weighted by atomic mass is 10.2. The van der Waals surface area contributed by atoms with Crippen LogP contribution in [-0.2, 0) is 0 Å². The van der Waals surface area contributed by atoms with Crippen molar-refractivity contribution in [2.24, 2.45) is 0 Å². The molecule has 1 atom stereocenters. The highest BCUT2D eigenvalue weighted by atomic mass is 79.9. The fraction of sp³-hybridized carbons (Fsp3) is 0.200. The molecule has 0 amide bonds. The monoisotopic (exact) mass is 374 g/mol. The molecule has 0 bridgehead atoms. The van der Waals surface area contributed by atoms with Crippen molar-refractivity contribution >= 4 is 37.5 Å². The van der Waals surface area contributed by atoms with Crippen LogP contribution in [0.25, 0.3) is 5.69 Å². The minimum Gasteiger partial charge on any atom is -0.258 e. The number of nitro benzene ring substituents is 1. The van der Waals surface area contributed by atoms with E-state index in [9.17, 15) is 10.1 Å². The van der Waals surface area contributed by atoms with E-state index in [1.54, 1.807) is 18.3 Å². The van der Waals surface area contributed by atoms with E-state index in [1.807, 2.05) is 6.92 Å². The van der Waals surface area contributed by atoms with Crippen molar-refractivity contribution in [3.8, 4) is 5.69 Å². The summed E-state index contributed by atoms with van der Waals surface area (Å²) in [4.78, 5) is 10.6. The molecule has 2 aromatic rings. The Bertz CT molecular complexity index is 597. The minimum atomic E-state index is -0.445. The summed E-state index contributed by atoms with van der Waals surface area (Å²) in [6, 6.07) is 4.79. The average Bonchev–Trinajstić information content (AvgIpc) is 2.78. The molecule has 0 aliphatic rings. The predicted molar refractivity (Wildman–Crippen MR) is 73.1 cm³/mol. The summed E-state index contributed by atoms with van der Waals surface area (Å²) in [5.74, 6) is 0. The van der Waals surface area contributed by atoms with E-state index < -0.39 is 4.92 Å². The van der Waals surface area contributed by atoms with E-state index >= 15 is 0 Å². The van der Waals surface area contributed by atoms with Crippen LogP contribution in [0.2, 0.25) is 0 Å². The molecule has 0 saturated heterocycles. The highest BCUT2D eigenvalue weighted by molar-refractivity contribution is 9.10. The van der Waals surface area contributed by atoms with Crippen LogP contribution < -0.4 is 0 Å². The Labute approximate surface area is 119 Å². The van der Waals surface area contributed by atoms with Gasteiger partial charge in [-0.15, -0.1) is 5.10 Å². The zero-order valence-corrected chi connectivity index (χ0v) is 12.4. The molecule has 0 saturated carbocycles. The van der Waals surface area contributed by atoms with Gasteiger partial charge in [-0.25, -0.2) is 4.68 Å². The molecule has 0 spiro atoms. The Balaban J connectivity index is 2.52. The number of nitrogens with zero attached hydrogens (tertiary/aromatic N) is 4. The van der Waals surface area contributed by atoms with Crippen LogP contribution in [0.3, 0.4) is 0 Å². The quantitative estimate of drug-likeness (QED) is 0.468. The fourth-order valence-corrected chi connectivity index (χ4v) is 1.97. The van der Waals surface area contributed by atoms with Crippen LogP contribution >= 0.6 is 31.9 Å². The van der Waals surface area contributed by atoms with Crippen LogP contribution in [0.5, 0.6) is 0 Å². The molecule has 6 nitrogen and oxygen atoms in total. The van der Waals surface area contributed by atoms with E-state index in [2.05, 4.69) is 42.2 Å². The maximum atomic E-state index is 11.0. The molecule has 1 unspecified atom stereocenters. The standard InChI is InChI=1S/C10H8Br2N4O2/c1-6(11)8-5-15(14-13-8)9-3-2-7(12)4-10(9)16(17)18/h2-6H,1H3. The molecule has 0 aliphatic carbocycles. The normalized spacial score (nSPS) is 12.4. The van der Waals surface area contributed by atoms with Crippen LogP contribution in [-0.4, -0.2) is 19.9 Å².